The standard InChI is InChI=1S/C26H32N2O5S/c1-17(2)14-23(25(31)28(12-13-34-3)15-24(29)30)27-26(32)33-16-22-20-10-6-4-8-18(20)19-9-5-7-11-21(19)22/h4-11,17,22-23H,12-16H2,1-3H3,(H,27,32)(H,29,30)/t23-/m0/s1. The van der Waals surface area contributed by atoms with Crippen LogP contribution in [0.4, 0.5) is 4.79 Å². The highest BCUT2D eigenvalue weighted by atomic mass is 32.2. The molecule has 1 aliphatic rings. The van der Waals surface area contributed by atoms with Gasteiger partial charge in [0.05, 0.1) is 0 Å². The fourth-order valence-corrected chi connectivity index (χ4v) is 4.73. The Bertz CT molecular complexity index is 980. The van der Waals surface area contributed by atoms with E-state index in [1.807, 2.05) is 56.5 Å². The van der Waals surface area contributed by atoms with Crippen molar-refractivity contribution in [1.82, 2.24) is 10.2 Å². The van der Waals surface area contributed by atoms with Crippen LogP contribution in [-0.4, -0.2) is 65.7 Å². The first-order valence-electron chi connectivity index (χ1n) is 11.4. The first-order valence-corrected chi connectivity index (χ1v) is 12.8. The normalized spacial score (nSPS) is 13.2. The Morgan fingerprint density at radius 2 is 1.65 bits per heavy atom. The van der Waals surface area contributed by atoms with Crippen molar-refractivity contribution in [2.24, 2.45) is 5.92 Å². The van der Waals surface area contributed by atoms with Crippen LogP contribution < -0.4 is 5.32 Å². The second kappa shape index (κ2) is 11.9. The van der Waals surface area contributed by atoms with E-state index in [1.54, 1.807) is 0 Å². The van der Waals surface area contributed by atoms with E-state index in [2.05, 4.69) is 17.4 Å². The molecule has 3 rings (SSSR count). The molecule has 7 nitrogen and oxygen atoms in total. The summed E-state index contributed by atoms with van der Waals surface area (Å²) in [4.78, 5) is 38.5. The summed E-state index contributed by atoms with van der Waals surface area (Å²) in [5.74, 6) is -0.839. The summed E-state index contributed by atoms with van der Waals surface area (Å²) in [5.41, 5.74) is 4.49. The molecule has 2 aromatic rings. The fraction of sp³-hybridized carbons (Fsp3) is 0.423. The predicted molar refractivity (Wildman–Crippen MR) is 134 cm³/mol. The number of carbonyl (C=O) groups excluding carboxylic acids is 2. The molecule has 2 N–H and O–H groups in total. The summed E-state index contributed by atoms with van der Waals surface area (Å²) >= 11 is 1.53. The number of fused-ring (bicyclic) bond motifs is 3. The maximum atomic E-state index is 13.1. The largest absolute Gasteiger partial charge is 0.480 e. The Balaban J connectivity index is 1.69. The second-order valence-corrected chi connectivity index (χ2v) is 9.78. The third-order valence-electron chi connectivity index (χ3n) is 5.84. The van der Waals surface area contributed by atoms with E-state index in [0.29, 0.717) is 18.7 Å². The van der Waals surface area contributed by atoms with Crippen molar-refractivity contribution in [2.75, 3.05) is 31.7 Å². The Kier molecular flexibility index (Phi) is 8.98. The molecule has 1 aliphatic carbocycles. The number of nitrogens with one attached hydrogen (secondary N) is 1. The third-order valence-corrected chi connectivity index (χ3v) is 6.43. The summed E-state index contributed by atoms with van der Waals surface area (Å²) in [6.07, 6.45) is 1.60. The molecule has 2 amide bonds. The second-order valence-electron chi connectivity index (χ2n) is 8.80. The van der Waals surface area contributed by atoms with Gasteiger partial charge in [0.2, 0.25) is 5.91 Å². The van der Waals surface area contributed by atoms with Gasteiger partial charge in [0.1, 0.15) is 19.2 Å². The van der Waals surface area contributed by atoms with Gasteiger partial charge in [0, 0.05) is 18.2 Å². The smallest absolute Gasteiger partial charge is 0.407 e. The number of benzene rings is 2. The van der Waals surface area contributed by atoms with Gasteiger partial charge in [-0.2, -0.15) is 11.8 Å². The lowest BCUT2D eigenvalue weighted by molar-refractivity contribution is -0.145. The van der Waals surface area contributed by atoms with Crippen molar-refractivity contribution in [2.45, 2.75) is 32.2 Å². The number of thioether (sulfide) groups is 1. The first kappa shape index (κ1) is 25.6. The van der Waals surface area contributed by atoms with E-state index in [9.17, 15) is 19.5 Å². The van der Waals surface area contributed by atoms with E-state index >= 15 is 0 Å². The minimum absolute atomic E-state index is 0.0810. The molecule has 0 saturated carbocycles. The Morgan fingerprint density at radius 3 is 2.18 bits per heavy atom. The predicted octanol–water partition coefficient (Wildman–Crippen LogP) is 4.22. The maximum Gasteiger partial charge on any atom is 0.407 e. The lowest BCUT2D eigenvalue weighted by Crippen LogP contribution is -2.51. The highest BCUT2D eigenvalue weighted by molar-refractivity contribution is 7.98. The molecule has 8 heteroatoms. The van der Waals surface area contributed by atoms with E-state index in [-0.39, 0.29) is 18.4 Å². The zero-order chi connectivity index (χ0) is 24.7. The quantitative estimate of drug-likeness (QED) is 0.496. The summed E-state index contributed by atoms with van der Waals surface area (Å²) < 4.78 is 5.60. The molecule has 0 fully saturated rings. The summed E-state index contributed by atoms with van der Waals surface area (Å²) in [6, 6.07) is 15.3. The van der Waals surface area contributed by atoms with Crippen molar-refractivity contribution < 1.29 is 24.2 Å². The molecular weight excluding hydrogens is 452 g/mol. The number of aliphatic carboxylic acids is 1. The Labute approximate surface area is 204 Å². The summed E-state index contributed by atoms with van der Waals surface area (Å²) in [5, 5.41) is 11.9. The lowest BCUT2D eigenvalue weighted by atomic mass is 9.98. The average Bonchev–Trinajstić information content (AvgIpc) is 3.13. The SMILES string of the molecule is CSCCN(CC(=O)O)C(=O)[C@H](CC(C)C)NC(=O)OCC1c2ccccc2-c2ccccc21. The minimum Gasteiger partial charge on any atom is -0.480 e. The van der Waals surface area contributed by atoms with Gasteiger partial charge in [-0.3, -0.25) is 9.59 Å². The molecule has 0 bridgehead atoms. The van der Waals surface area contributed by atoms with Crippen LogP contribution in [0.5, 0.6) is 0 Å². The van der Waals surface area contributed by atoms with Crippen LogP contribution in [0.2, 0.25) is 0 Å². The summed E-state index contributed by atoms with van der Waals surface area (Å²) in [7, 11) is 0. The van der Waals surface area contributed by atoms with Gasteiger partial charge in [-0.05, 0) is 40.8 Å². The van der Waals surface area contributed by atoms with Crippen LogP contribution in [0, 0.1) is 5.92 Å². The first-order chi connectivity index (χ1) is 16.3. The molecule has 0 unspecified atom stereocenters. The zero-order valence-corrected chi connectivity index (χ0v) is 20.6. The molecule has 0 radical (unpaired) electrons. The number of hydrogen-bond acceptors (Lipinski definition) is 5. The van der Waals surface area contributed by atoms with E-state index in [1.165, 1.54) is 16.7 Å². The van der Waals surface area contributed by atoms with Crippen LogP contribution in [0.3, 0.4) is 0 Å². The van der Waals surface area contributed by atoms with E-state index in [4.69, 9.17) is 4.74 Å². The number of carbonyl (C=O) groups is 3. The molecule has 2 aromatic carbocycles. The van der Waals surface area contributed by atoms with Crippen molar-refractivity contribution in [3.05, 3.63) is 59.7 Å². The molecule has 0 heterocycles. The molecule has 0 aliphatic heterocycles. The average molecular weight is 485 g/mol. The van der Waals surface area contributed by atoms with Gasteiger partial charge in [-0.15, -0.1) is 0 Å². The Hall–Kier alpha value is -3.00. The molecular formula is C26H32N2O5S. The lowest BCUT2D eigenvalue weighted by Gasteiger charge is -2.27. The van der Waals surface area contributed by atoms with Crippen molar-refractivity contribution >= 4 is 29.7 Å². The van der Waals surface area contributed by atoms with Crippen LogP contribution in [0.15, 0.2) is 48.5 Å². The topological polar surface area (TPSA) is 95.9 Å². The fourth-order valence-electron chi connectivity index (χ4n) is 4.33. The molecule has 0 spiro atoms. The van der Waals surface area contributed by atoms with Crippen LogP contribution >= 0.6 is 11.8 Å². The zero-order valence-electron chi connectivity index (χ0n) is 19.8. The van der Waals surface area contributed by atoms with Crippen molar-refractivity contribution in [3.63, 3.8) is 0 Å². The van der Waals surface area contributed by atoms with Crippen LogP contribution in [-0.2, 0) is 14.3 Å². The molecule has 1 atom stereocenters. The monoisotopic (exact) mass is 484 g/mol. The van der Waals surface area contributed by atoms with E-state index in [0.717, 1.165) is 22.3 Å². The van der Waals surface area contributed by atoms with Crippen LogP contribution in [0.25, 0.3) is 11.1 Å². The van der Waals surface area contributed by atoms with E-state index < -0.39 is 30.6 Å². The van der Waals surface area contributed by atoms with Gasteiger partial charge in [0.25, 0.3) is 0 Å². The maximum absolute atomic E-state index is 13.1. The van der Waals surface area contributed by atoms with Gasteiger partial charge >= 0.3 is 12.1 Å². The summed E-state index contributed by atoms with van der Waals surface area (Å²) in [6.45, 7) is 3.94. The molecule has 182 valence electrons. The number of alkyl carbamates (subject to hydrolysis) is 1. The molecule has 0 aromatic heterocycles. The number of rotatable bonds is 11. The molecule has 34 heavy (non-hydrogen) atoms. The third kappa shape index (κ3) is 6.32. The minimum atomic E-state index is -1.08. The molecule has 0 saturated heterocycles. The van der Waals surface area contributed by atoms with Gasteiger partial charge in [0.15, 0.2) is 0 Å². The van der Waals surface area contributed by atoms with Crippen molar-refractivity contribution in [1.29, 1.82) is 0 Å². The van der Waals surface area contributed by atoms with Crippen molar-refractivity contribution in [3.8, 4) is 11.1 Å². The highest BCUT2D eigenvalue weighted by Crippen LogP contribution is 2.44. The van der Waals surface area contributed by atoms with Gasteiger partial charge < -0.3 is 20.1 Å². The highest BCUT2D eigenvalue weighted by Gasteiger charge is 2.31. The van der Waals surface area contributed by atoms with Gasteiger partial charge in [-0.1, -0.05) is 62.4 Å². The number of amides is 2. The Morgan fingerprint density at radius 1 is 1.06 bits per heavy atom. The van der Waals surface area contributed by atoms with Gasteiger partial charge in [-0.25, -0.2) is 4.79 Å². The number of hydrogen-bond donors (Lipinski definition) is 2. The number of carboxylic acids is 1. The number of nitrogens with zero attached hydrogens (tertiary/aromatic N) is 1. The number of carboxylic acid groups (broad SMARTS) is 1. The number of ether oxygens (including phenoxy) is 1. The van der Waals surface area contributed by atoms with Crippen LogP contribution in [0.1, 0.15) is 37.3 Å².